The zero-order valence-corrected chi connectivity index (χ0v) is 5.80. The lowest BCUT2D eigenvalue weighted by atomic mass is 10.7. The quantitative estimate of drug-likeness (QED) is 0.392. The van der Waals surface area contributed by atoms with Crippen LogP contribution in [0.3, 0.4) is 0 Å². The molecule has 0 aliphatic carbocycles. The Balaban J connectivity index is 3.52. The third kappa shape index (κ3) is 9.86. The van der Waals surface area contributed by atoms with Crippen molar-refractivity contribution in [2.75, 3.05) is 6.61 Å². The summed E-state index contributed by atoms with van der Waals surface area (Å²) in [5.41, 5.74) is 0. The molecule has 11 heavy (non-hydrogen) atoms. The lowest BCUT2D eigenvalue weighted by Gasteiger charge is -2.06. The number of hydrogen-bond acceptors (Lipinski definition) is 3. The van der Waals surface area contributed by atoms with E-state index in [1.165, 1.54) is 0 Å². The number of halogens is 3. The fraction of sp³-hybridized carbons (Fsp3) is 1.00. The van der Waals surface area contributed by atoms with E-state index in [0.29, 0.717) is 0 Å². The molecule has 9 heteroatoms. The first-order valence-corrected chi connectivity index (χ1v) is 3.67. The Morgan fingerprint density at radius 2 is 1.82 bits per heavy atom. The maximum atomic E-state index is 11.2. The minimum Gasteiger partial charge on any atom is -0.301 e. The molecule has 0 rings (SSSR count). The molecule has 0 aromatic rings. The van der Waals surface area contributed by atoms with Gasteiger partial charge in [0.2, 0.25) is 0 Å². The topological polar surface area (TPSA) is 76.0 Å². The van der Waals surface area contributed by atoms with Crippen LogP contribution in [-0.4, -0.2) is 22.6 Å². The molecule has 0 aliphatic rings. The van der Waals surface area contributed by atoms with Crippen molar-refractivity contribution in [1.82, 2.24) is 0 Å². The lowest BCUT2D eigenvalue weighted by Crippen LogP contribution is -2.16. The first-order valence-electron chi connectivity index (χ1n) is 2.14. The average molecular weight is 196 g/mol. The van der Waals surface area contributed by atoms with E-state index in [0.717, 1.165) is 0 Å². The van der Waals surface area contributed by atoms with Crippen LogP contribution in [0, 0.1) is 0 Å². The summed E-state index contributed by atoms with van der Waals surface area (Å²) in [5.74, 6) is 0. The van der Waals surface area contributed by atoms with Gasteiger partial charge in [0.05, 0.1) is 0 Å². The number of alkyl halides is 3. The van der Waals surface area contributed by atoms with Gasteiger partial charge in [-0.05, 0) is 0 Å². The van der Waals surface area contributed by atoms with Crippen molar-refractivity contribution in [3.63, 3.8) is 0 Å². The Morgan fingerprint density at radius 1 is 1.36 bits per heavy atom. The minimum absolute atomic E-state index is 1.86. The molecule has 0 aliphatic heterocycles. The second-order valence-corrected chi connectivity index (χ2v) is 2.57. The number of hydrogen-bond donors (Lipinski definition) is 2. The molecular weight excluding hydrogens is 192 g/mol. The first-order chi connectivity index (χ1) is 4.71. The standard InChI is InChI=1S/C2H4F3O5P/c3-2(4,5)1-9-10-11(6,7)8/h1H2,(H2,6,7,8). The summed E-state index contributed by atoms with van der Waals surface area (Å²) in [5, 5.41) is 0. The Morgan fingerprint density at radius 3 is 2.09 bits per heavy atom. The molecule has 0 heterocycles. The summed E-state index contributed by atoms with van der Waals surface area (Å²) in [6.45, 7) is -1.86. The molecular formula is C2H4F3O5P. The smallest absolute Gasteiger partial charge is 0.301 e. The van der Waals surface area contributed by atoms with Crippen LogP contribution in [0.1, 0.15) is 0 Å². The maximum Gasteiger partial charge on any atom is 0.496 e. The van der Waals surface area contributed by atoms with E-state index in [1.807, 2.05) is 0 Å². The van der Waals surface area contributed by atoms with Crippen LogP contribution < -0.4 is 0 Å². The number of phosphoric acid groups is 1. The predicted octanol–water partition coefficient (Wildman–Crippen LogP) is 0.590. The van der Waals surface area contributed by atoms with Crippen molar-refractivity contribution in [2.24, 2.45) is 0 Å². The first kappa shape index (κ1) is 10.9. The lowest BCUT2D eigenvalue weighted by molar-refractivity contribution is -0.290. The summed E-state index contributed by atoms with van der Waals surface area (Å²) in [6.07, 6.45) is -4.67. The van der Waals surface area contributed by atoms with Crippen molar-refractivity contribution in [1.29, 1.82) is 0 Å². The highest BCUT2D eigenvalue weighted by Crippen LogP contribution is 2.36. The van der Waals surface area contributed by atoms with E-state index >= 15 is 0 Å². The van der Waals surface area contributed by atoms with Gasteiger partial charge in [0.15, 0.2) is 6.61 Å². The normalized spacial score (nSPS) is 13.5. The van der Waals surface area contributed by atoms with Gasteiger partial charge < -0.3 is 9.79 Å². The fourth-order valence-corrected chi connectivity index (χ4v) is 0.352. The highest BCUT2D eigenvalue weighted by atomic mass is 31.2. The van der Waals surface area contributed by atoms with E-state index in [2.05, 4.69) is 9.56 Å². The highest BCUT2D eigenvalue weighted by molar-refractivity contribution is 7.46. The van der Waals surface area contributed by atoms with Gasteiger partial charge in [-0.25, -0.2) is 9.45 Å². The van der Waals surface area contributed by atoms with Crippen molar-refractivity contribution in [3.8, 4) is 0 Å². The zero-order valence-electron chi connectivity index (χ0n) is 4.91. The summed E-state index contributed by atoms with van der Waals surface area (Å²) in [6, 6.07) is 0. The molecule has 0 amide bonds. The Kier molecular flexibility index (Phi) is 3.46. The van der Waals surface area contributed by atoms with Crippen LogP contribution >= 0.6 is 7.82 Å². The fourth-order valence-electron chi connectivity index (χ4n) is 0.162. The van der Waals surface area contributed by atoms with Crippen LogP contribution in [0.25, 0.3) is 0 Å². The summed E-state index contributed by atoms with van der Waals surface area (Å²) >= 11 is 0. The Hall–Kier alpha value is -0.140. The SMILES string of the molecule is O=P(O)(O)OOCC(F)(F)F. The molecule has 0 saturated carbocycles. The van der Waals surface area contributed by atoms with Crippen molar-refractivity contribution in [3.05, 3.63) is 0 Å². The van der Waals surface area contributed by atoms with Crippen LogP contribution in [0.15, 0.2) is 0 Å². The van der Waals surface area contributed by atoms with E-state index in [9.17, 15) is 17.7 Å². The van der Waals surface area contributed by atoms with Gasteiger partial charge in [0.1, 0.15) is 0 Å². The van der Waals surface area contributed by atoms with E-state index in [-0.39, 0.29) is 0 Å². The van der Waals surface area contributed by atoms with Crippen molar-refractivity contribution >= 4 is 7.82 Å². The van der Waals surface area contributed by atoms with Crippen LogP contribution in [0.5, 0.6) is 0 Å². The van der Waals surface area contributed by atoms with Crippen molar-refractivity contribution < 1.29 is 37.1 Å². The second kappa shape index (κ2) is 3.51. The Bertz CT molecular complexity index is 160. The largest absolute Gasteiger partial charge is 0.496 e. The molecule has 68 valence electrons. The molecule has 5 nitrogen and oxygen atoms in total. The van der Waals surface area contributed by atoms with Gasteiger partial charge in [-0.15, -0.1) is 4.67 Å². The van der Waals surface area contributed by atoms with E-state index in [1.54, 1.807) is 0 Å². The molecule has 0 unspecified atom stereocenters. The molecule has 0 fully saturated rings. The Labute approximate surface area is 58.9 Å². The summed E-state index contributed by atoms with van der Waals surface area (Å²) in [7, 11) is -4.97. The van der Waals surface area contributed by atoms with Gasteiger partial charge in [-0.1, -0.05) is 0 Å². The maximum absolute atomic E-state index is 11.2. The predicted molar refractivity (Wildman–Crippen MR) is 25.1 cm³/mol. The third-order valence-corrected chi connectivity index (χ3v) is 0.672. The minimum atomic E-state index is -4.97. The van der Waals surface area contributed by atoms with Crippen molar-refractivity contribution in [2.45, 2.75) is 6.18 Å². The summed E-state index contributed by atoms with van der Waals surface area (Å²) in [4.78, 5) is 18.8. The average Bonchev–Trinajstić information content (AvgIpc) is 1.55. The molecule has 0 atom stereocenters. The molecule has 0 bridgehead atoms. The van der Waals surface area contributed by atoms with Gasteiger partial charge in [-0.3, -0.25) is 0 Å². The van der Waals surface area contributed by atoms with Gasteiger partial charge >= 0.3 is 14.0 Å². The summed E-state index contributed by atoms with van der Waals surface area (Å²) < 4.78 is 46.3. The van der Waals surface area contributed by atoms with Crippen LogP contribution in [0.2, 0.25) is 0 Å². The van der Waals surface area contributed by atoms with Crippen LogP contribution in [-0.2, 0) is 14.1 Å². The molecule has 0 aromatic carbocycles. The molecule has 0 saturated heterocycles. The van der Waals surface area contributed by atoms with Gasteiger partial charge in [0, 0.05) is 0 Å². The zero-order chi connectivity index (χ0) is 9.12. The molecule has 0 radical (unpaired) electrons. The molecule has 0 spiro atoms. The van der Waals surface area contributed by atoms with Gasteiger partial charge in [0.25, 0.3) is 0 Å². The highest BCUT2D eigenvalue weighted by Gasteiger charge is 2.30. The van der Waals surface area contributed by atoms with Crippen LogP contribution in [0.4, 0.5) is 13.2 Å². The monoisotopic (exact) mass is 196 g/mol. The third-order valence-electron chi connectivity index (χ3n) is 0.372. The second-order valence-electron chi connectivity index (χ2n) is 1.44. The van der Waals surface area contributed by atoms with E-state index < -0.39 is 20.6 Å². The van der Waals surface area contributed by atoms with E-state index in [4.69, 9.17) is 9.79 Å². The van der Waals surface area contributed by atoms with Gasteiger partial charge in [-0.2, -0.15) is 13.2 Å². The molecule has 0 aromatic heterocycles. The number of rotatable bonds is 3. The molecule has 2 N–H and O–H groups in total.